The van der Waals surface area contributed by atoms with E-state index in [9.17, 15) is 9.90 Å². The van der Waals surface area contributed by atoms with Gasteiger partial charge in [0.15, 0.2) is 0 Å². The van der Waals surface area contributed by atoms with Gasteiger partial charge in [0.05, 0.1) is 19.1 Å². The summed E-state index contributed by atoms with van der Waals surface area (Å²) in [6, 6.07) is 9.18. The molecule has 0 fully saturated rings. The highest BCUT2D eigenvalue weighted by Crippen LogP contribution is 2.27. The van der Waals surface area contributed by atoms with Crippen LogP contribution in [0.5, 0.6) is 0 Å². The van der Waals surface area contributed by atoms with E-state index < -0.39 is 12.0 Å². The first-order valence-electron chi connectivity index (χ1n) is 6.75. The number of carboxylic acid groups (broad SMARTS) is 1. The van der Waals surface area contributed by atoms with Crippen LogP contribution in [0.4, 0.5) is 5.69 Å². The van der Waals surface area contributed by atoms with Gasteiger partial charge in [-0.2, -0.15) is 0 Å². The fourth-order valence-corrected chi connectivity index (χ4v) is 2.32. The van der Waals surface area contributed by atoms with Crippen LogP contribution >= 0.6 is 0 Å². The summed E-state index contributed by atoms with van der Waals surface area (Å²) in [6.07, 6.45) is 3.31. The number of aliphatic carboxylic acids is 1. The quantitative estimate of drug-likeness (QED) is 0.808. The Hall–Kier alpha value is -2.34. The lowest BCUT2D eigenvalue weighted by molar-refractivity contribution is -0.137. The molecule has 112 valence electrons. The van der Waals surface area contributed by atoms with Gasteiger partial charge in [0, 0.05) is 31.7 Å². The summed E-state index contributed by atoms with van der Waals surface area (Å²) in [5.74, 6) is -0.251. The van der Waals surface area contributed by atoms with Gasteiger partial charge in [-0.3, -0.25) is 4.79 Å². The van der Waals surface area contributed by atoms with Crippen LogP contribution < -0.4 is 4.90 Å². The zero-order chi connectivity index (χ0) is 15.2. The van der Waals surface area contributed by atoms with E-state index >= 15 is 0 Å². The Morgan fingerprint density at radius 2 is 2.10 bits per heavy atom. The van der Waals surface area contributed by atoms with Crippen molar-refractivity contribution in [2.75, 3.05) is 18.6 Å². The van der Waals surface area contributed by atoms with Crippen molar-refractivity contribution in [3.8, 4) is 0 Å². The van der Waals surface area contributed by atoms with Crippen molar-refractivity contribution in [3.05, 3.63) is 48.5 Å². The second-order valence-electron chi connectivity index (χ2n) is 4.76. The van der Waals surface area contributed by atoms with Crippen LogP contribution in [0.1, 0.15) is 18.3 Å². The second-order valence-corrected chi connectivity index (χ2v) is 4.76. The summed E-state index contributed by atoms with van der Waals surface area (Å²) in [7, 11) is 1.85. The fraction of sp³-hybridized carbons (Fsp3) is 0.333. The van der Waals surface area contributed by atoms with E-state index in [1.807, 2.05) is 42.3 Å². The number of para-hydroxylation sites is 1. The van der Waals surface area contributed by atoms with E-state index in [1.165, 1.54) is 0 Å². The number of nitrogens with zero attached hydrogens (tertiary/aromatic N) is 3. The third-order valence-electron chi connectivity index (χ3n) is 3.39. The Balaban J connectivity index is 2.34. The molecule has 0 saturated carbocycles. The van der Waals surface area contributed by atoms with Gasteiger partial charge in [-0.15, -0.1) is 0 Å². The van der Waals surface area contributed by atoms with Crippen LogP contribution in [0.15, 0.2) is 42.7 Å². The average molecular weight is 289 g/mol. The Kier molecular flexibility index (Phi) is 4.94. The SMILES string of the molecule is CN(c1ccccc1)C(CC(=O)O)c1nccn1CCO. The summed E-state index contributed by atoms with van der Waals surface area (Å²) in [5.41, 5.74) is 0.919. The lowest BCUT2D eigenvalue weighted by Gasteiger charge is -2.29. The minimum atomic E-state index is -0.888. The number of aliphatic hydroxyl groups excluding tert-OH is 1. The van der Waals surface area contributed by atoms with Crippen molar-refractivity contribution in [1.29, 1.82) is 0 Å². The van der Waals surface area contributed by atoms with Crippen molar-refractivity contribution in [3.63, 3.8) is 0 Å². The largest absolute Gasteiger partial charge is 0.481 e. The highest BCUT2D eigenvalue weighted by Gasteiger charge is 2.24. The minimum absolute atomic E-state index is 0.0157. The molecule has 0 aliphatic carbocycles. The zero-order valence-electron chi connectivity index (χ0n) is 11.9. The highest BCUT2D eigenvalue weighted by atomic mass is 16.4. The number of rotatable bonds is 7. The molecule has 0 aliphatic rings. The smallest absolute Gasteiger partial charge is 0.305 e. The molecule has 2 N–H and O–H groups in total. The number of carbonyl (C=O) groups is 1. The Morgan fingerprint density at radius 1 is 1.38 bits per heavy atom. The normalized spacial score (nSPS) is 12.1. The van der Waals surface area contributed by atoms with Crippen molar-refractivity contribution in [2.45, 2.75) is 19.0 Å². The first-order chi connectivity index (χ1) is 10.1. The summed E-state index contributed by atoms with van der Waals surface area (Å²) in [4.78, 5) is 17.4. The molecule has 2 rings (SSSR count). The van der Waals surface area contributed by atoms with Crippen LogP contribution in [0, 0.1) is 0 Å². The summed E-state index contributed by atoms with van der Waals surface area (Å²) in [6.45, 7) is 0.381. The third-order valence-corrected chi connectivity index (χ3v) is 3.39. The second kappa shape index (κ2) is 6.90. The van der Waals surface area contributed by atoms with Gasteiger partial charge in [0.1, 0.15) is 5.82 Å². The molecule has 6 nitrogen and oxygen atoms in total. The number of aliphatic hydroxyl groups is 1. The van der Waals surface area contributed by atoms with Crippen LogP contribution in [0.2, 0.25) is 0 Å². The average Bonchev–Trinajstić information content (AvgIpc) is 2.93. The fourth-order valence-electron chi connectivity index (χ4n) is 2.32. The van der Waals surface area contributed by atoms with Crippen LogP contribution in [-0.2, 0) is 11.3 Å². The summed E-state index contributed by atoms with van der Waals surface area (Å²) < 4.78 is 1.78. The predicted molar refractivity (Wildman–Crippen MR) is 79.2 cm³/mol. The molecule has 1 unspecified atom stereocenters. The molecule has 0 saturated heterocycles. The zero-order valence-corrected chi connectivity index (χ0v) is 11.9. The molecule has 2 aromatic rings. The maximum atomic E-state index is 11.2. The lowest BCUT2D eigenvalue weighted by atomic mass is 10.1. The molecule has 21 heavy (non-hydrogen) atoms. The Bertz CT molecular complexity index is 583. The molecule has 0 bridgehead atoms. The number of aromatic nitrogens is 2. The summed E-state index contributed by atoms with van der Waals surface area (Å²) >= 11 is 0. The topological polar surface area (TPSA) is 78.6 Å². The molecule has 0 spiro atoms. The van der Waals surface area contributed by atoms with E-state index in [4.69, 9.17) is 5.11 Å². The molecular formula is C15H19N3O3. The molecule has 0 amide bonds. The standard InChI is InChI=1S/C15H19N3O3/c1-17(12-5-3-2-4-6-12)13(11-14(20)21)15-16-7-8-18(15)9-10-19/h2-8,13,19H,9-11H2,1H3,(H,20,21). The number of imidazole rings is 1. The first kappa shape index (κ1) is 15.1. The van der Waals surface area contributed by atoms with Crippen LogP contribution in [0.3, 0.4) is 0 Å². The highest BCUT2D eigenvalue weighted by molar-refractivity contribution is 5.68. The Labute approximate surface area is 123 Å². The van der Waals surface area contributed by atoms with Crippen molar-refractivity contribution < 1.29 is 15.0 Å². The lowest BCUT2D eigenvalue weighted by Crippen LogP contribution is -2.29. The van der Waals surface area contributed by atoms with Crippen molar-refractivity contribution >= 4 is 11.7 Å². The maximum Gasteiger partial charge on any atom is 0.305 e. The summed E-state index contributed by atoms with van der Waals surface area (Å²) in [5, 5.41) is 18.3. The number of anilines is 1. The molecule has 0 radical (unpaired) electrons. The molecular weight excluding hydrogens is 270 g/mol. The Morgan fingerprint density at radius 3 is 2.71 bits per heavy atom. The van der Waals surface area contributed by atoms with Crippen LogP contribution in [0.25, 0.3) is 0 Å². The number of hydrogen-bond acceptors (Lipinski definition) is 4. The third kappa shape index (κ3) is 3.61. The monoisotopic (exact) mass is 289 g/mol. The molecule has 1 heterocycles. The predicted octanol–water partition coefficient (Wildman–Crippen LogP) is 1.53. The number of carboxylic acids is 1. The molecule has 6 heteroatoms. The van der Waals surface area contributed by atoms with Crippen molar-refractivity contribution in [1.82, 2.24) is 9.55 Å². The van der Waals surface area contributed by atoms with Gasteiger partial charge in [-0.05, 0) is 12.1 Å². The van der Waals surface area contributed by atoms with Gasteiger partial charge in [0.25, 0.3) is 0 Å². The number of benzene rings is 1. The van der Waals surface area contributed by atoms with E-state index in [1.54, 1.807) is 17.0 Å². The van der Waals surface area contributed by atoms with Gasteiger partial charge < -0.3 is 19.7 Å². The van der Waals surface area contributed by atoms with Gasteiger partial charge in [-0.1, -0.05) is 18.2 Å². The molecule has 1 aromatic heterocycles. The molecule has 1 atom stereocenters. The van der Waals surface area contributed by atoms with E-state index in [-0.39, 0.29) is 13.0 Å². The van der Waals surface area contributed by atoms with Crippen LogP contribution in [-0.4, -0.2) is 39.4 Å². The van der Waals surface area contributed by atoms with Gasteiger partial charge in [-0.25, -0.2) is 4.98 Å². The van der Waals surface area contributed by atoms with E-state index in [0.717, 1.165) is 5.69 Å². The van der Waals surface area contributed by atoms with E-state index in [2.05, 4.69) is 4.98 Å². The van der Waals surface area contributed by atoms with Gasteiger partial charge in [0.2, 0.25) is 0 Å². The number of hydrogen-bond donors (Lipinski definition) is 2. The van der Waals surface area contributed by atoms with Gasteiger partial charge >= 0.3 is 5.97 Å². The first-order valence-corrected chi connectivity index (χ1v) is 6.75. The molecule has 0 aliphatic heterocycles. The van der Waals surface area contributed by atoms with Crippen molar-refractivity contribution in [2.24, 2.45) is 0 Å². The molecule has 1 aromatic carbocycles. The van der Waals surface area contributed by atoms with E-state index in [0.29, 0.717) is 12.4 Å². The maximum absolute atomic E-state index is 11.2. The minimum Gasteiger partial charge on any atom is -0.481 e.